The molecule has 6 fully saturated rings. The zero-order chi connectivity index (χ0) is 39.8. The second-order valence-electron chi connectivity index (χ2n) is 19.4. The lowest BCUT2D eigenvalue weighted by atomic mass is 9.35. The fourth-order valence-electron chi connectivity index (χ4n) is 12.9. The number of ether oxygens (including phenoxy) is 4. The molecule has 0 aromatic carbocycles. The van der Waals surface area contributed by atoms with Crippen LogP contribution in [0.1, 0.15) is 106 Å². The van der Waals surface area contributed by atoms with Crippen LogP contribution in [0.25, 0.3) is 0 Å². The SMILES string of the molecule is CC(C)=CCC[C@@](C)(O)[C@@H]1C(=O)C[C@@]2(C)[C@H]1CC[C@H]1[C@]3(CO)CC[C@@H](O[C@H]4O[C@@H](CO)[C@H](O[C@@H]5OC[C@@H](O)[C@@H](O)[C@@H]5O)[C@@H](O)[C@@H]4O)C(C)(C)[C@@H]3CC[C@]12C. The van der Waals surface area contributed by atoms with Gasteiger partial charge in [0.2, 0.25) is 0 Å². The summed E-state index contributed by atoms with van der Waals surface area (Å²) in [6, 6.07) is 0. The first-order valence-corrected chi connectivity index (χ1v) is 20.3. The molecule has 0 spiro atoms. The fraction of sp³-hybridized carbons (Fsp3) is 0.927. The zero-order valence-electron chi connectivity index (χ0n) is 33.3. The lowest BCUT2D eigenvalue weighted by Gasteiger charge is -2.70. The third-order valence-corrected chi connectivity index (χ3v) is 15.9. The van der Waals surface area contributed by atoms with Gasteiger partial charge in [-0.3, -0.25) is 4.79 Å². The Morgan fingerprint density at radius 2 is 1.56 bits per heavy atom. The van der Waals surface area contributed by atoms with Crippen LogP contribution in [0.4, 0.5) is 0 Å². The molecule has 2 heterocycles. The molecule has 6 aliphatic rings. The van der Waals surface area contributed by atoms with Gasteiger partial charge in [0.1, 0.15) is 48.5 Å². The highest BCUT2D eigenvalue weighted by molar-refractivity contribution is 5.86. The highest BCUT2D eigenvalue weighted by Crippen LogP contribution is 2.75. The van der Waals surface area contributed by atoms with E-state index in [9.17, 15) is 45.6 Å². The molecule has 0 bridgehead atoms. The number of aliphatic hydroxyl groups is 8. The molecule has 4 aliphatic carbocycles. The second-order valence-corrected chi connectivity index (χ2v) is 19.4. The number of fused-ring (bicyclic) bond motifs is 5. The van der Waals surface area contributed by atoms with Crippen LogP contribution >= 0.6 is 0 Å². The normalized spacial score (nSPS) is 50.0. The first-order valence-electron chi connectivity index (χ1n) is 20.3. The van der Waals surface area contributed by atoms with E-state index in [1.165, 1.54) is 5.57 Å². The van der Waals surface area contributed by atoms with E-state index in [1.54, 1.807) is 0 Å². The molecule has 0 radical (unpaired) electrons. The number of hydrogen-bond acceptors (Lipinski definition) is 13. The number of carbonyl (C=O) groups is 1. The Labute approximate surface area is 320 Å². The Morgan fingerprint density at radius 3 is 2.20 bits per heavy atom. The van der Waals surface area contributed by atoms with Crippen molar-refractivity contribution in [2.24, 2.45) is 45.3 Å². The minimum atomic E-state index is -1.64. The molecule has 54 heavy (non-hydrogen) atoms. The molecule has 6 rings (SSSR count). The van der Waals surface area contributed by atoms with Crippen LogP contribution in [0.5, 0.6) is 0 Å². The number of allylic oxidation sites excluding steroid dienone is 2. The maximum absolute atomic E-state index is 14.0. The summed E-state index contributed by atoms with van der Waals surface area (Å²) in [5, 5.41) is 86.3. The number of rotatable bonds is 10. The number of aliphatic hydroxyl groups excluding tert-OH is 7. The molecule has 2 saturated heterocycles. The maximum atomic E-state index is 14.0. The van der Waals surface area contributed by atoms with Gasteiger partial charge in [0.25, 0.3) is 0 Å². The molecule has 8 N–H and O–H groups in total. The van der Waals surface area contributed by atoms with Crippen LogP contribution in [-0.2, 0) is 23.7 Å². The summed E-state index contributed by atoms with van der Waals surface area (Å²) in [4.78, 5) is 14.0. The van der Waals surface area contributed by atoms with Crippen LogP contribution in [0.2, 0.25) is 0 Å². The quantitative estimate of drug-likeness (QED) is 0.118. The number of carbonyl (C=O) groups excluding carboxylic acids is 1. The van der Waals surface area contributed by atoms with Crippen molar-refractivity contribution in [3.63, 3.8) is 0 Å². The van der Waals surface area contributed by atoms with Gasteiger partial charge in [-0.2, -0.15) is 0 Å². The van der Waals surface area contributed by atoms with Crippen LogP contribution < -0.4 is 0 Å². The minimum absolute atomic E-state index is 0.000298. The highest BCUT2D eigenvalue weighted by atomic mass is 16.7. The maximum Gasteiger partial charge on any atom is 0.186 e. The average Bonchev–Trinajstić information content (AvgIpc) is 3.39. The summed E-state index contributed by atoms with van der Waals surface area (Å²) in [5.41, 5.74) is -1.41. The fourth-order valence-corrected chi connectivity index (χ4v) is 12.9. The Hall–Kier alpha value is -1.07. The molecule has 13 nitrogen and oxygen atoms in total. The van der Waals surface area contributed by atoms with E-state index in [0.717, 1.165) is 32.1 Å². The number of ketones is 1. The molecular weight excluding hydrogens is 700 g/mol. The lowest BCUT2D eigenvalue weighted by molar-refractivity contribution is -0.361. The van der Waals surface area contributed by atoms with Crippen molar-refractivity contribution in [2.75, 3.05) is 19.8 Å². The van der Waals surface area contributed by atoms with Gasteiger partial charge < -0.3 is 59.8 Å². The molecule has 18 atom stereocenters. The van der Waals surface area contributed by atoms with E-state index in [2.05, 4.69) is 33.8 Å². The van der Waals surface area contributed by atoms with Gasteiger partial charge in [-0.05, 0) is 106 Å². The monoisotopic (exact) mass is 768 g/mol. The predicted octanol–water partition coefficient (Wildman–Crippen LogP) is 1.97. The minimum Gasteiger partial charge on any atom is -0.396 e. The van der Waals surface area contributed by atoms with Crippen molar-refractivity contribution < 1.29 is 64.6 Å². The van der Waals surface area contributed by atoms with E-state index in [1.807, 2.05) is 20.8 Å². The summed E-state index contributed by atoms with van der Waals surface area (Å²) in [6.45, 7) is 13.9. The second kappa shape index (κ2) is 15.3. The standard InChI is InChI=1S/C41H68O13/c1-21(2)9-8-14-40(7,50)29-22-10-11-27-38(5,39(22,6)17-23(29)44)15-12-26-37(3,4)28(13-16-41(26,27)20-43)53-36-33(49)31(47)34(25(18-42)52-36)54-35-32(48)30(46)24(45)19-51-35/h9,22,24-36,42-43,45-50H,8,10-20H2,1-7H3/t22-,24+,25-,26-,27+,28+,29-,30+,31-,32-,33-,34-,35-,36+,38+,39-,40+,41-/m0/s1. The largest absolute Gasteiger partial charge is 0.396 e. The summed E-state index contributed by atoms with van der Waals surface area (Å²) >= 11 is 0. The molecule has 0 unspecified atom stereocenters. The number of hydrogen-bond donors (Lipinski definition) is 8. The summed E-state index contributed by atoms with van der Waals surface area (Å²) < 4.78 is 23.6. The smallest absolute Gasteiger partial charge is 0.186 e. The van der Waals surface area contributed by atoms with Crippen LogP contribution in [0, 0.1) is 45.3 Å². The zero-order valence-corrected chi connectivity index (χ0v) is 33.3. The molecule has 310 valence electrons. The van der Waals surface area contributed by atoms with E-state index in [4.69, 9.17) is 18.9 Å². The first kappa shape index (κ1) is 42.5. The third-order valence-electron chi connectivity index (χ3n) is 15.9. The van der Waals surface area contributed by atoms with Crippen LogP contribution in [0.15, 0.2) is 11.6 Å². The molecule has 0 aromatic heterocycles. The first-order chi connectivity index (χ1) is 25.2. The molecule has 2 aliphatic heterocycles. The third kappa shape index (κ3) is 6.77. The summed E-state index contributed by atoms with van der Waals surface area (Å²) in [7, 11) is 0. The lowest BCUT2D eigenvalue weighted by Crippen LogP contribution is -2.67. The van der Waals surface area contributed by atoms with Gasteiger partial charge in [-0.25, -0.2) is 0 Å². The van der Waals surface area contributed by atoms with Crippen LogP contribution in [0.3, 0.4) is 0 Å². The van der Waals surface area contributed by atoms with Gasteiger partial charge in [-0.1, -0.05) is 39.3 Å². The number of Topliss-reactive ketones (excluding diaryl/α,β-unsaturated/α-hetero) is 1. The molecule has 0 aromatic rings. The van der Waals surface area contributed by atoms with Crippen molar-refractivity contribution in [1.29, 1.82) is 0 Å². The predicted molar refractivity (Wildman–Crippen MR) is 195 cm³/mol. The van der Waals surface area contributed by atoms with Crippen LogP contribution in [-0.4, -0.2) is 133 Å². The van der Waals surface area contributed by atoms with E-state index in [0.29, 0.717) is 25.7 Å². The Morgan fingerprint density at radius 1 is 0.870 bits per heavy atom. The molecule has 0 amide bonds. The van der Waals surface area contributed by atoms with Gasteiger partial charge in [0, 0.05) is 24.4 Å². The van der Waals surface area contributed by atoms with Crippen molar-refractivity contribution in [3.8, 4) is 0 Å². The Balaban J connectivity index is 1.18. The van der Waals surface area contributed by atoms with Crippen molar-refractivity contribution in [3.05, 3.63) is 11.6 Å². The van der Waals surface area contributed by atoms with Gasteiger partial charge in [-0.15, -0.1) is 0 Å². The summed E-state index contributed by atoms with van der Waals surface area (Å²) in [5.74, 6) is -0.0243. The van der Waals surface area contributed by atoms with Crippen molar-refractivity contribution in [2.45, 2.75) is 173 Å². The topological polar surface area (TPSA) is 216 Å². The van der Waals surface area contributed by atoms with E-state index in [-0.39, 0.29) is 47.6 Å². The molecule has 4 saturated carbocycles. The Kier molecular flexibility index (Phi) is 12.0. The van der Waals surface area contributed by atoms with Gasteiger partial charge in [0.15, 0.2) is 12.6 Å². The summed E-state index contributed by atoms with van der Waals surface area (Å²) in [6.07, 6.45) is -5.08. The van der Waals surface area contributed by atoms with Gasteiger partial charge in [0.05, 0.1) is 24.9 Å². The van der Waals surface area contributed by atoms with Gasteiger partial charge >= 0.3 is 0 Å². The van der Waals surface area contributed by atoms with Crippen molar-refractivity contribution >= 4 is 5.78 Å². The molecule has 13 heteroatoms. The Bertz CT molecular complexity index is 1380. The van der Waals surface area contributed by atoms with E-state index < -0.39 is 90.4 Å². The molecular formula is C41H68O13. The highest BCUT2D eigenvalue weighted by Gasteiger charge is 2.72. The van der Waals surface area contributed by atoms with Crippen molar-refractivity contribution in [1.82, 2.24) is 0 Å². The average molecular weight is 769 g/mol. The van der Waals surface area contributed by atoms with E-state index >= 15 is 0 Å².